The maximum atomic E-state index is 11.6. The van der Waals surface area contributed by atoms with E-state index in [0.29, 0.717) is 12.2 Å². The van der Waals surface area contributed by atoms with Crippen LogP contribution in [0.3, 0.4) is 0 Å². The van der Waals surface area contributed by atoms with E-state index in [-0.39, 0.29) is 5.97 Å². The lowest BCUT2D eigenvalue weighted by Crippen LogP contribution is -2.46. The first-order chi connectivity index (χ1) is 12.3. The second-order valence-corrected chi connectivity index (χ2v) is 6.21. The number of esters is 1. The number of carbonyl (C=O) groups is 1. The Balaban J connectivity index is 1.37. The van der Waals surface area contributed by atoms with Gasteiger partial charge in [-0.15, -0.1) is 5.10 Å². The number of piperazine rings is 1. The molecule has 0 aliphatic carbocycles. The summed E-state index contributed by atoms with van der Waals surface area (Å²) in [6.45, 7) is 6.08. The molecule has 1 aliphatic rings. The van der Waals surface area contributed by atoms with Crippen LogP contribution in [0.5, 0.6) is 0 Å². The number of nitrogens with zero attached hydrogens (tertiary/aromatic N) is 5. The molecule has 0 amide bonds. The van der Waals surface area contributed by atoms with Crippen LogP contribution < -0.4 is 4.90 Å². The summed E-state index contributed by atoms with van der Waals surface area (Å²) in [6.07, 6.45) is 3.49. The Morgan fingerprint density at radius 2 is 1.80 bits per heavy atom. The van der Waals surface area contributed by atoms with E-state index in [1.165, 1.54) is 19.0 Å². The average molecular weight is 343 g/mol. The zero-order valence-electron chi connectivity index (χ0n) is 14.7. The van der Waals surface area contributed by atoms with Gasteiger partial charge in [-0.2, -0.15) is 0 Å². The smallest absolute Gasteiger partial charge is 0.358 e. The Morgan fingerprint density at radius 1 is 1.08 bits per heavy atom. The molecule has 0 spiro atoms. The van der Waals surface area contributed by atoms with Gasteiger partial charge >= 0.3 is 5.97 Å². The van der Waals surface area contributed by atoms with Crippen molar-refractivity contribution in [2.75, 3.05) is 44.7 Å². The molecule has 1 aromatic heterocycles. The van der Waals surface area contributed by atoms with E-state index in [9.17, 15) is 4.79 Å². The predicted octanol–water partition coefficient (Wildman–Crippen LogP) is 1.67. The number of ether oxygens (including phenoxy) is 1. The minimum atomic E-state index is -0.387. The summed E-state index contributed by atoms with van der Waals surface area (Å²) in [6, 6.07) is 10.6. The molecule has 7 heteroatoms. The van der Waals surface area contributed by atoms with Gasteiger partial charge in [0, 0.05) is 38.4 Å². The number of para-hydroxylation sites is 1. The molecule has 0 N–H and O–H groups in total. The maximum Gasteiger partial charge on any atom is 0.358 e. The van der Waals surface area contributed by atoms with E-state index >= 15 is 0 Å². The highest BCUT2D eigenvalue weighted by molar-refractivity contribution is 5.86. The van der Waals surface area contributed by atoms with Crippen LogP contribution in [-0.2, 0) is 11.3 Å². The minimum Gasteiger partial charge on any atom is -0.464 e. The monoisotopic (exact) mass is 343 g/mol. The predicted molar refractivity (Wildman–Crippen MR) is 95.7 cm³/mol. The molecule has 134 valence electrons. The number of anilines is 1. The lowest BCUT2D eigenvalue weighted by atomic mass is 10.2. The number of rotatable bonds is 7. The van der Waals surface area contributed by atoms with Gasteiger partial charge in [-0.05, 0) is 31.5 Å². The number of aromatic nitrogens is 3. The molecule has 0 radical (unpaired) electrons. The Bertz CT molecular complexity index is 665. The minimum absolute atomic E-state index is 0.387. The number of carbonyl (C=O) groups excluding carboxylic acids is 1. The summed E-state index contributed by atoms with van der Waals surface area (Å²) >= 11 is 0. The molecule has 1 aromatic carbocycles. The van der Waals surface area contributed by atoms with E-state index in [1.54, 1.807) is 4.68 Å². The van der Waals surface area contributed by atoms with Crippen molar-refractivity contribution >= 4 is 11.7 Å². The van der Waals surface area contributed by atoms with Crippen molar-refractivity contribution in [2.45, 2.75) is 19.4 Å². The summed E-state index contributed by atoms with van der Waals surface area (Å²) in [5.41, 5.74) is 1.72. The lowest BCUT2D eigenvalue weighted by molar-refractivity contribution is 0.0586. The Hall–Kier alpha value is -2.41. The van der Waals surface area contributed by atoms with Crippen molar-refractivity contribution < 1.29 is 9.53 Å². The van der Waals surface area contributed by atoms with E-state index < -0.39 is 0 Å². The molecule has 1 saturated heterocycles. The summed E-state index contributed by atoms with van der Waals surface area (Å²) < 4.78 is 6.35. The molecular formula is C18H25N5O2. The molecule has 7 nitrogen and oxygen atoms in total. The number of hydrogen-bond acceptors (Lipinski definition) is 6. The van der Waals surface area contributed by atoms with Gasteiger partial charge in [-0.3, -0.25) is 4.90 Å². The topological polar surface area (TPSA) is 63.5 Å². The second kappa shape index (κ2) is 8.62. The Labute approximate surface area is 148 Å². The lowest BCUT2D eigenvalue weighted by Gasteiger charge is -2.36. The number of methoxy groups -OCH3 is 1. The number of unbranched alkanes of at least 4 members (excludes halogenated alkanes) is 1. The zero-order valence-corrected chi connectivity index (χ0v) is 14.7. The van der Waals surface area contributed by atoms with E-state index in [1.807, 2.05) is 0 Å². The quantitative estimate of drug-likeness (QED) is 0.563. The summed E-state index contributed by atoms with van der Waals surface area (Å²) in [7, 11) is 1.37. The van der Waals surface area contributed by atoms with Crippen LogP contribution >= 0.6 is 0 Å². The fourth-order valence-corrected chi connectivity index (χ4v) is 3.15. The summed E-state index contributed by atoms with van der Waals surface area (Å²) in [5.74, 6) is -0.387. The molecule has 1 aliphatic heterocycles. The third-order valence-corrected chi connectivity index (χ3v) is 4.60. The summed E-state index contributed by atoms with van der Waals surface area (Å²) in [5, 5.41) is 7.75. The van der Waals surface area contributed by atoms with Gasteiger partial charge in [0.25, 0.3) is 0 Å². The number of benzene rings is 1. The molecular weight excluding hydrogens is 318 g/mol. The first-order valence-corrected chi connectivity index (χ1v) is 8.77. The van der Waals surface area contributed by atoms with Crippen molar-refractivity contribution in [3.8, 4) is 0 Å². The van der Waals surface area contributed by atoms with Gasteiger partial charge in [0.2, 0.25) is 0 Å². The SMILES string of the molecule is COC(=O)c1cnnn1CCCCN1CCN(c2ccccc2)CC1. The fourth-order valence-electron chi connectivity index (χ4n) is 3.15. The zero-order chi connectivity index (χ0) is 17.5. The van der Waals surface area contributed by atoms with E-state index in [4.69, 9.17) is 4.74 Å². The molecule has 0 atom stereocenters. The Morgan fingerprint density at radius 3 is 2.52 bits per heavy atom. The highest BCUT2D eigenvalue weighted by Crippen LogP contribution is 2.15. The normalized spacial score (nSPS) is 15.3. The van der Waals surface area contributed by atoms with Crippen molar-refractivity contribution in [3.05, 3.63) is 42.2 Å². The maximum absolute atomic E-state index is 11.6. The number of hydrogen-bond donors (Lipinski definition) is 0. The first-order valence-electron chi connectivity index (χ1n) is 8.77. The average Bonchev–Trinajstić information content (AvgIpc) is 3.14. The van der Waals surface area contributed by atoms with Gasteiger partial charge in [0.15, 0.2) is 5.69 Å². The van der Waals surface area contributed by atoms with Crippen LogP contribution in [0, 0.1) is 0 Å². The third kappa shape index (κ3) is 4.57. The van der Waals surface area contributed by atoms with Crippen LogP contribution in [0.25, 0.3) is 0 Å². The molecule has 0 bridgehead atoms. The van der Waals surface area contributed by atoms with Crippen LogP contribution in [0.4, 0.5) is 5.69 Å². The van der Waals surface area contributed by atoms with E-state index in [0.717, 1.165) is 45.6 Å². The van der Waals surface area contributed by atoms with Crippen molar-refractivity contribution in [1.29, 1.82) is 0 Å². The molecule has 1 fully saturated rings. The van der Waals surface area contributed by atoms with Crippen LogP contribution in [0.2, 0.25) is 0 Å². The van der Waals surface area contributed by atoms with Crippen LogP contribution in [-0.4, -0.2) is 65.7 Å². The molecule has 3 rings (SSSR count). The molecule has 2 heterocycles. The van der Waals surface area contributed by atoms with Gasteiger partial charge in [-0.1, -0.05) is 23.4 Å². The third-order valence-electron chi connectivity index (χ3n) is 4.60. The highest BCUT2D eigenvalue weighted by atomic mass is 16.5. The van der Waals surface area contributed by atoms with Gasteiger partial charge in [0.05, 0.1) is 13.3 Å². The highest BCUT2D eigenvalue weighted by Gasteiger charge is 2.17. The molecule has 25 heavy (non-hydrogen) atoms. The molecule has 0 unspecified atom stereocenters. The van der Waals surface area contributed by atoms with Gasteiger partial charge in [0.1, 0.15) is 0 Å². The van der Waals surface area contributed by atoms with Crippen molar-refractivity contribution in [3.63, 3.8) is 0 Å². The van der Waals surface area contributed by atoms with Crippen molar-refractivity contribution in [2.24, 2.45) is 0 Å². The standard InChI is InChI=1S/C18H25N5O2/c1-25-18(24)17-15-19-20-23(17)10-6-5-9-21-11-13-22(14-12-21)16-7-3-2-4-8-16/h2-4,7-8,15H,5-6,9-14H2,1H3. The van der Waals surface area contributed by atoms with Gasteiger partial charge < -0.3 is 9.64 Å². The van der Waals surface area contributed by atoms with Crippen LogP contribution in [0.15, 0.2) is 36.5 Å². The summed E-state index contributed by atoms with van der Waals surface area (Å²) in [4.78, 5) is 16.5. The Kier molecular flexibility index (Phi) is 6.00. The largest absolute Gasteiger partial charge is 0.464 e. The first kappa shape index (κ1) is 17.4. The van der Waals surface area contributed by atoms with E-state index in [2.05, 4.69) is 50.4 Å². The molecule has 0 saturated carbocycles. The molecule has 2 aromatic rings. The second-order valence-electron chi connectivity index (χ2n) is 6.21. The fraction of sp³-hybridized carbons (Fsp3) is 0.500. The van der Waals surface area contributed by atoms with Gasteiger partial charge in [-0.25, -0.2) is 9.48 Å². The number of aryl methyl sites for hydroxylation is 1. The van der Waals surface area contributed by atoms with Crippen molar-refractivity contribution in [1.82, 2.24) is 19.9 Å². The van der Waals surface area contributed by atoms with Crippen LogP contribution in [0.1, 0.15) is 23.3 Å².